The van der Waals surface area contributed by atoms with Gasteiger partial charge in [-0.25, -0.2) is 4.68 Å². The zero-order chi connectivity index (χ0) is 10.8. The summed E-state index contributed by atoms with van der Waals surface area (Å²) in [6.07, 6.45) is 1.55. The minimum atomic E-state index is -0.117. The molecule has 0 radical (unpaired) electrons. The monoisotopic (exact) mass is 207 g/mol. The molecule has 0 fully saturated rings. The molecule has 0 unspecified atom stereocenters. The summed E-state index contributed by atoms with van der Waals surface area (Å²) in [6, 6.07) is 0. The molecule has 0 atom stereocenters. The fourth-order valence-corrected chi connectivity index (χ4v) is 1.07. The summed E-state index contributed by atoms with van der Waals surface area (Å²) in [6.45, 7) is 1.79. The molecular weight excluding hydrogens is 198 g/mol. The number of nitrogens with zero attached hydrogens (tertiary/aromatic N) is 7. The Kier molecular flexibility index (Phi) is 2.24. The van der Waals surface area contributed by atoms with Crippen molar-refractivity contribution >= 4 is 5.78 Å². The van der Waals surface area contributed by atoms with Gasteiger partial charge in [-0.1, -0.05) is 5.21 Å². The van der Waals surface area contributed by atoms with Gasteiger partial charge in [-0.05, 0) is 5.21 Å². The zero-order valence-electron chi connectivity index (χ0n) is 8.32. The lowest BCUT2D eigenvalue weighted by Gasteiger charge is -1.91. The number of aromatic nitrogens is 7. The lowest BCUT2D eigenvalue weighted by Crippen LogP contribution is -2.03. The number of carbonyl (C=O) groups is 1. The molecule has 78 valence electrons. The molecule has 2 aromatic heterocycles. The Morgan fingerprint density at radius 3 is 2.73 bits per heavy atom. The maximum Gasteiger partial charge on any atom is 0.196 e. The second-order valence-corrected chi connectivity index (χ2v) is 3.05. The first kappa shape index (κ1) is 9.44. The first-order valence-electron chi connectivity index (χ1n) is 4.29. The number of carbonyl (C=O) groups excluding carboxylic acids is 1. The Hall–Kier alpha value is -2.12. The second-order valence-electron chi connectivity index (χ2n) is 3.05. The molecule has 2 aromatic rings. The molecule has 0 bridgehead atoms. The molecule has 0 N–H and O–H groups in total. The average molecular weight is 207 g/mol. The van der Waals surface area contributed by atoms with Gasteiger partial charge < -0.3 is 0 Å². The van der Waals surface area contributed by atoms with E-state index in [0.29, 0.717) is 18.1 Å². The molecule has 2 heterocycles. The number of Topliss-reactive ketones (excluding diaryl/α,β-unsaturated/α-hetero) is 1. The van der Waals surface area contributed by atoms with Crippen LogP contribution in [0.5, 0.6) is 0 Å². The normalized spacial score (nSPS) is 10.5. The van der Waals surface area contributed by atoms with E-state index in [2.05, 4.69) is 25.7 Å². The van der Waals surface area contributed by atoms with Crippen molar-refractivity contribution in [2.45, 2.75) is 13.5 Å². The van der Waals surface area contributed by atoms with Crippen molar-refractivity contribution < 1.29 is 4.79 Å². The van der Waals surface area contributed by atoms with E-state index in [0.717, 1.165) is 0 Å². The van der Waals surface area contributed by atoms with Gasteiger partial charge in [0, 0.05) is 6.92 Å². The summed E-state index contributed by atoms with van der Waals surface area (Å²) in [7, 11) is 1.68. The minimum Gasteiger partial charge on any atom is -0.293 e. The second kappa shape index (κ2) is 3.56. The van der Waals surface area contributed by atoms with Crippen molar-refractivity contribution in [3.05, 3.63) is 17.7 Å². The van der Waals surface area contributed by atoms with E-state index >= 15 is 0 Å². The maximum absolute atomic E-state index is 11.0. The van der Waals surface area contributed by atoms with Crippen LogP contribution in [0.3, 0.4) is 0 Å². The van der Waals surface area contributed by atoms with Crippen molar-refractivity contribution in [1.82, 2.24) is 35.2 Å². The number of ketones is 1. The predicted octanol–water partition coefficient (Wildman–Crippen LogP) is -0.948. The van der Waals surface area contributed by atoms with Crippen LogP contribution < -0.4 is 0 Å². The van der Waals surface area contributed by atoms with Gasteiger partial charge in [0.2, 0.25) is 0 Å². The number of hydrogen-bond acceptors (Lipinski definition) is 6. The molecule has 0 saturated heterocycles. The maximum atomic E-state index is 11.0. The summed E-state index contributed by atoms with van der Waals surface area (Å²) < 4.78 is 1.49. The Balaban J connectivity index is 2.14. The first-order valence-corrected chi connectivity index (χ1v) is 4.29. The Bertz CT molecular complexity index is 485. The Morgan fingerprint density at radius 1 is 1.40 bits per heavy atom. The van der Waals surface area contributed by atoms with Gasteiger partial charge in [-0.3, -0.25) is 4.79 Å². The average Bonchev–Trinajstić information content (AvgIpc) is 2.76. The highest BCUT2D eigenvalue weighted by atomic mass is 16.1. The molecule has 15 heavy (non-hydrogen) atoms. The largest absolute Gasteiger partial charge is 0.293 e. The predicted molar refractivity (Wildman–Crippen MR) is 47.9 cm³/mol. The third kappa shape index (κ3) is 2.03. The van der Waals surface area contributed by atoms with Gasteiger partial charge in [-0.2, -0.15) is 4.80 Å². The summed E-state index contributed by atoms with van der Waals surface area (Å²) in [5.74, 6) is 0.408. The van der Waals surface area contributed by atoms with Gasteiger partial charge in [0.25, 0.3) is 0 Å². The van der Waals surface area contributed by atoms with Crippen LogP contribution >= 0.6 is 0 Å². The van der Waals surface area contributed by atoms with Crippen LogP contribution in [-0.2, 0) is 13.6 Å². The van der Waals surface area contributed by atoms with E-state index in [1.165, 1.54) is 16.4 Å². The van der Waals surface area contributed by atoms with Gasteiger partial charge in [0.05, 0.1) is 13.2 Å². The lowest BCUT2D eigenvalue weighted by molar-refractivity contribution is 0.101. The van der Waals surface area contributed by atoms with Crippen molar-refractivity contribution in [1.29, 1.82) is 0 Å². The zero-order valence-corrected chi connectivity index (χ0v) is 8.32. The standard InChI is InChI=1S/C7H9N7O/c1-5(15)6-3-14(12-8-6)4-7-9-11-13(2)10-7/h3H,4H2,1-2H3. The highest BCUT2D eigenvalue weighted by Gasteiger charge is 2.07. The summed E-state index contributed by atoms with van der Waals surface area (Å²) >= 11 is 0. The minimum absolute atomic E-state index is 0.117. The molecule has 2 rings (SSSR count). The molecule has 0 amide bonds. The smallest absolute Gasteiger partial charge is 0.196 e. The summed E-state index contributed by atoms with van der Waals surface area (Å²) in [5, 5.41) is 18.9. The lowest BCUT2D eigenvalue weighted by atomic mass is 10.3. The van der Waals surface area contributed by atoms with Crippen LogP contribution in [-0.4, -0.2) is 41.0 Å². The number of aryl methyl sites for hydroxylation is 1. The molecule has 8 nitrogen and oxygen atoms in total. The fourth-order valence-electron chi connectivity index (χ4n) is 1.07. The van der Waals surface area contributed by atoms with Crippen molar-refractivity contribution in [3.8, 4) is 0 Å². The highest BCUT2D eigenvalue weighted by Crippen LogP contribution is 1.96. The van der Waals surface area contributed by atoms with Crippen LogP contribution in [0.4, 0.5) is 0 Å². The molecule has 0 aliphatic rings. The summed E-state index contributed by atoms with van der Waals surface area (Å²) in [4.78, 5) is 12.3. The molecule has 0 aliphatic heterocycles. The van der Waals surface area contributed by atoms with Gasteiger partial charge >= 0.3 is 0 Å². The molecule has 0 spiro atoms. The number of hydrogen-bond donors (Lipinski definition) is 0. The number of rotatable bonds is 3. The van der Waals surface area contributed by atoms with Crippen LogP contribution in [0.1, 0.15) is 23.2 Å². The highest BCUT2D eigenvalue weighted by molar-refractivity contribution is 5.91. The Labute approximate surface area is 84.9 Å². The van der Waals surface area contributed by atoms with E-state index in [9.17, 15) is 4.79 Å². The third-order valence-electron chi connectivity index (χ3n) is 1.75. The SMILES string of the molecule is CC(=O)c1cn(Cc2nnn(C)n2)nn1. The Morgan fingerprint density at radius 2 is 2.20 bits per heavy atom. The van der Waals surface area contributed by atoms with Gasteiger partial charge in [0.15, 0.2) is 11.6 Å². The van der Waals surface area contributed by atoms with Crippen LogP contribution in [0.25, 0.3) is 0 Å². The summed E-state index contributed by atoms with van der Waals surface area (Å²) in [5.41, 5.74) is 0.332. The van der Waals surface area contributed by atoms with Crippen molar-refractivity contribution in [3.63, 3.8) is 0 Å². The van der Waals surface area contributed by atoms with Gasteiger partial charge in [-0.15, -0.1) is 15.3 Å². The third-order valence-corrected chi connectivity index (χ3v) is 1.75. The molecule has 0 aromatic carbocycles. The van der Waals surface area contributed by atoms with Crippen LogP contribution in [0.2, 0.25) is 0 Å². The molecule has 0 aliphatic carbocycles. The fraction of sp³-hybridized carbons (Fsp3) is 0.429. The van der Waals surface area contributed by atoms with Gasteiger partial charge in [0.1, 0.15) is 12.2 Å². The molecule has 8 heteroatoms. The molecular formula is C7H9N7O. The van der Waals surface area contributed by atoms with E-state index in [1.807, 2.05) is 0 Å². The van der Waals surface area contributed by atoms with E-state index in [1.54, 1.807) is 13.2 Å². The van der Waals surface area contributed by atoms with E-state index in [4.69, 9.17) is 0 Å². The van der Waals surface area contributed by atoms with E-state index in [-0.39, 0.29) is 5.78 Å². The van der Waals surface area contributed by atoms with Crippen molar-refractivity contribution in [2.75, 3.05) is 0 Å². The topological polar surface area (TPSA) is 91.4 Å². The number of tetrazole rings is 1. The molecule has 0 saturated carbocycles. The van der Waals surface area contributed by atoms with Crippen LogP contribution in [0, 0.1) is 0 Å². The quantitative estimate of drug-likeness (QED) is 0.603. The van der Waals surface area contributed by atoms with Crippen molar-refractivity contribution in [2.24, 2.45) is 7.05 Å². The van der Waals surface area contributed by atoms with Crippen LogP contribution in [0.15, 0.2) is 6.20 Å². The first-order chi connectivity index (χ1) is 7.15. The van der Waals surface area contributed by atoms with E-state index < -0.39 is 0 Å².